The third kappa shape index (κ3) is 8.32. The number of rotatable bonds is 11. The summed E-state index contributed by atoms with van der Waals surface area (Å²) >= 11 is 12.2. The summed E-state index contributed by atoms with van der Waals surface area (Å²) in [4.78, 5) is 0. The molecule has 0 fully saturated rings. The van der Waals surface area contributed by atoms with Crippen LogP contribution in [-0.2, 0) is 16.3 Å². The van der Waals surface area contributed by atoms with Gasteiger partial charge in [0.1, 0.15) is 15.6 Å². The average molecular weight is 592 g/mol. The van der Waals surface area contributed by atoms with Crippen molar-refractivity contribution >= 4 is 38.6 Å². The lowest BCUT2D eigenvalue weighted by Crippen LogP contribution is -2.20. The molecule has 1 aromatic heterocycles. The SMILES string of the molecule is C=C(/C=C(\C(C)=C/N)c1nnc(Cc2ccc(Cl)c(Oc3cc(Cl)cc(C#N)c3)c2F)o1)NCCS(C)(=O)=O. The molecule has 0 spiro atoms. The first kappa shape index (κ1) is 29.7. The maximum Gasteiger partial charge on any atom is 0.248 e. The predicted octanol–water partition coefficient (Wildman–Crippen LogP) is 5.16. The Bertz CT molecular complexity index is 1610. The number of nitrogens with one attached hydrogen (secondary N) is 1. The molecule has 3 aromatic rings. The molecule has 0 aliphatic carbocycles. The maximum absolute atomic E-state index is 15.4. The molecule has 0 radical (unpaired) electrons. The summed E-state index contributed by atoms with van der Waals surface area (Å²) < 4.78 is 49.5. The standard InChI is InChI=1S/C26H24Cl2FN5O4S/c1-15(13-30)21(8-16(2)32-6-7-39(3,35)36)26-34-33-23(38-26)11-18-4-5-22(28)25(24(18)29)37-20-10-17(14-31)9-19(27)12-20/h4-5,8-10,12-13,32H,2,6-7,11,30H2,1,3H3/b15-13-,21-8+. The van der Waals surface area contributed by atoms with Gasteiger partial charge in [0.15, 0.2) is 11.6 Å². The first-order valence-electron chi connectivity index (χ1n) is 11.3. The third-order valence-electron chi connectivity index (χ3n) is 5.21. The van der Waals surface area contributed by atoms with Gasteiger partial charge >= 0.3 is 0 Å². The lowest BCUT2D eigenvalue weighted by atomic mass is 10.1. The molecular weight excluding hydrogens is 568 g/mol. The van der Waals surface area contributed by atoms with Crippen LogP contribution in [0.5, 0.6) is 11.5 Å². The Kier molecular flexibility index (Phi) is 9.75. The summed E-state index contributed by atoms with van der Waals surface area (Å²) in [6.45, 7) is 5.75. The highest BCUT2D eigenvalue weighted by Crippen LogP contribution is 2.36. The van der Waals surface area contributed by atoms with Gasteiger partial charge in [-0.1, -0.05) is 35.8 Å². The van der Waals surface area contributed by atoms with Crippen LogP contribution in [-0.4, -0.2) is 37.2 Å². The van der Waals surface area contributed by atoms with E-state index < -0.39 is 15.7 Å². The van der Waals surface area contributed by atoms with Crippen LogP contribution in [0.2, 0.25) is 10.0 Å². The summed E-state index contributed by atoms with van der Waals surface area (Å²) in [6, 6.07) is 9.15. The van der Waals surface area contributed by atoms with Crippen LogP contribution in [0.4, 0.5) is 4.39 Å². The number of hydrogen-bond donors (Lipinski definition) is 2. The second kappa shape index (κ2) is 12.8. The van der Waals surface area contributed by atoms with Gasteiger partial charge in [-0.3, -0.25) is 0 Å². The fourth-order valence-electron chi connectivity index (χ4n) is 3.26. The van der Waals surface area contributed by atoms with Crippen molar-refractivity contribution in [3.8, 4) is 17.6 Å². The van der Waals surface area contributed by atoms with Crippen molar-refractivity contribution in [1.29, 1.82) is 5.26 Å². The normalized spacial score (nSPS) is 12.2. The summed E-state index contributed by atoms with van der Waals surface area (Å²) in [5, 5.41) is 20.4. The first-order chi connectivity index (χ1) is 18.4. The second-order valence-corrected chi connectivity index (χ2v) is 11.5. The van der Waals surface area contributed by atoms with Crippen molar-refractivity contribution in [2.45, 2.75) is 13.3 Å². The topological polar surface area (TPSA) is 144 Å². The molecule has 0 aliphatic heterocycles. The fourth-order valence-corrected chi connectivity index (χ4v) is 4.14. The zero-order chi connectivity index (χ0) is 28.7. The van der Waals surface area contributed by atoms with Gasteiger partial charge in [0.25, 0.3) is 0 Å². The number of halogens is 3. The molecule has 0 amide bonds. The van der Waals surface area contributed by atoms with Crippen LogP contribution < -0.4 is 15.8 Å². The van der Waals surface area contributed by atoms with Gasteiger partial charge in [-0.15, -0.1) is 10.2 Å². The molecule has 0 aliphatic rings. The van der Waals surface area contributed by atoms with E-state index >= 15 is 4.39 Å². The Morgan fingerprint density at radius 1 is 1.31 bits per heavy atom. The molecule has 0 saturated heterocycles. The van der Waals surface area contributed by atoms with Crippen LogP contribution in [0.15, 0.2) is 64.9 Å². The van der Waals surface area contributed by atoms with E-state index in [1.165, 1.54) is 36.5 Å². The van der Waals surface area contributed by atoms with Crippen molar-refractivity contribution in [2.75, 3.05) is 18.6 Å². The predicted molar refractivity (Wildman–Crippen MR) is 148 cm³/mol. The number of nitriles is 1. The van der Waals surface area contributed by atoms with Crippen molar-refractivity contribution in [2.24, 2.45) is 5.73 Å². The average Bonchev–Trinajstić information content (AvgIpc) is 3.33. The smallest absolute Gasteiger partial charge is 0.248 e. The Labute approximate surface area is 235 Å². The number of nitrogens with two attached hydrogens (primary N) is 1. The van der Waals surface area contributed by atoms with Crippen LogP contribution in [0, 0.1) is 17.1 Å². The van der Waals surface area contributed by atoms with E-state index in [2.05, 4.69) is 22.1 Å². The minimum absolute atomic E-state index is 0.0109. The number of sulfone groups is 1. The van der Waals surface area contributed by atoms with Crippen LogP contribution >= 0.6 is 23.2 Å². The highest BCUT2D eigenvalue weighted by atomic mass is 35.5. The Morgan fingerprint density at radius 2 is 2.05 bits per heavy atom. The van der Waals surface area contributed by atoms with Crippen LogP contribution in [0.1, 0.15) is 29.8 Å². The number of hydrogen-bond acceptors (Lipinski definition) is 9. The monoisotopic (exact) mass is 591 g/mol. The maximum atomic E-state index is 15.4. The third-order valence-corrected chi connectivity index (χ3v) is 6.67. The van der Waals surface area contributed by atoms with E-state index in [9.17, 15) is 8.42 Å². The first-order valence-corrected chi connectivity index (χ1v) is 14.1. The highest BCUT2D eigenvalue weighted by molar-refractivity contribution is 7.90. The number of allylic oxidation sites excluding steroid dienone is 3. The molecule has 13 heteroatoms. The lowest BCUT2D eigenvalue weighted by Gasteiger charge is -2.12. The summed E-state index contributed by atoms with van der Waals surface area (Å²) in [5.74, 6) is -0.735. The molecule has 3 N–H and O–H groups in total. The van der Waals surface area contributed by atoms with E-state index in [0.29, 0.717) is 16.8 Å². The minimum Gasteiger partial charge on any atom is -0.453 e. The van der Waals surface area contributed by atoms with Crippen molar-refractivity contribution in [3.05, 3.63) is 99.2 Å². The quantitative estimate of drug-likeness (QED) is 0.288. The van der Waals surface area contributed by atoms with Crippen molar-refractivity contribution in [1.82, 2.24) is 15.5 Å². The van der Waals surface area contributed by atoms with Crippen molar-refractivity contribution < 1.29 is 22.0 Å². The number of nitrogens with zero attached hydrogens (tertiary/aromatic N) is 3. The molecular formula is C26H24Cl2FN5O4S. The van der Waals surface area contributed by atoms with E-state index in [-0.39, 0.29) is 63.2 Å². The lowest BCUT2D eigenvalue weighted by molar-refractivity contribution is 0.436. The zero-order valence-electron chi connectivity index (χ0n) is 21.0. The Hall–Kier alpha value is -3.85. The molecule has 0 atom stereocenters. The molecule has 204 valence electrons. The van der Waals surface area contributed by atoms with Gasteiger partial charge in [-0.2, -0.15) is 5.26 Å². The second-order valence-electron chi connectivity index (χ2n) is 8.41. The largest absolute Gasteiger partial charge is 0.453 e. The zero-order valence-corrected chi connectivity index (χ0v) is 23.3. The number of benzene rings is 2. The highest BCUT2D eigenvalue weighted by Gasteiger charge is 2.19. The van der Waals surface area contributed by atoms with Gasteiger partial charge in [0.05, 0.1) is 28.8 Å². The molecule has 9 nitrogen and oxygen atoms in total. The molecule has 39 heavy (non-hydrogen) atoms. The summed E-state index contributed by atoms with van der Waals surface area (Å²) in [6.07, 6.45) is 3.99. The van der Waals surface area contributed by atoms with Gasteiger partial charge in [0, 0.05) is 34.7 Å². The molecule has 0 bridgehead atoms. The van der Waals surface area contributed by atoms with E-state index in [1.54, 1.807) is 13.0 Å². The molecule has 1 heterocycles. The Balaban J connectivity index is 1.84. The van der Waals surface area contributed by atoms with Crippen LogP contribution in [0.25, 0.3) is 5.57 Å². The minimum atomic E-state index is -3.14. The molecule has 0 unspecified atom stereocenters. The Morgan fingerprint density at radius 3 is 2.72 bits per heavy atom. The molecule has 3 rings (SSSR count). The number of ether oxygens (including phenoxy) is 1. The van der Waals surface area contributed by atoms with Gasteiger partial charge in [0.2, 0.25) is 11.8 Å². The van der Waals surface area contributed by atoms with E-state index in [1.807, 2.05) is 6.07 Å². The molecule has 0 saturated carbocycles. The van der Waals surface area contributed by atoms with Gasteiger partial charge in [-0.25, -0.2) is 12.8 Å². The van der Waals surface area contributed by atoms with Crippen molar-refractivity contribution in [3.63, 3.8) is 0 Å². The summed E-state index contributed by atoms with van der Waals surface area (Å²) in [5.41, 5.74) is 7.53. The fraction of sp³-hybridized carbons (Fsp3) is 0.192. The van der Waals surface area contributed by atoms with E-state index in [4.69, 9.17) is 43.4 Å². The van der Waals surface area contributed by atoms with E-state index in [0.717, 1.165) is 6.26 Å². The molecule has 2 aromatic carbocycles. The van der Waals surface area contributed by atoms with Gasteiger partial charge < -0.3 is 20.2 Å². The number of aromatic nitrogens is 2. The van der Waals surface area contributed by atoms with Gasteiger partial charge in [-0.05, 0) is 49.0 Å². The summed E-state index contributed by atoms with van der Waals surface area (Å²) in [7, 11) is -3.14. The van der Waals surface area contributed by atoms with Crippen LogP contribution in [0.3, 0.4) is 0 Å².